The number of morpholine rings is 1. The third-order valence-electron chi connectivity index (χ3n) is 5.72. The zero-order chi connectivity index (χ0) is 20.9. The number of rotatable bonds is 4. The molecule has 2 aliphatic rings. The van der Waals surface area contributed by atoms with Crippen molar-refractivity contribution < 1.29 is 14.3 Å². The van der Waals surface area contributed by atoms with Crippen LogP contribution in [-0.4, -0.2) is 64.4 Å². The summed E-state index contributed by atoms with van der Waals surface area (Å²) in [6.07, 6.45) is 4.71. The summed E-state index contributed by atoms with van der Waals surface area (Å²) in [7, 11) is 0. The number of amides is 2. The summed E-state index contributed by atoms with van der Waals surface area (Å²) in [5.74, 6) is 0.991. The highest BCUT2D eigenvalue weighted by molar-refractivity contribution is 5.80. The van der Waals surface area contributed by atoms with Gasteiger partial charge >= 0.3 is 0 Å². The van der Waals surface area contributed by atoms with E-state index in [9.17, 15) is 9.59 Å². The van der Waals surface area contributed by atoms with Gasteiger partial charge in [0.15, 0.2) is 0 Å². The van der Waals surface area contributed by atoms with E-state index in [0.717, 1.165) is 30.0 Å². The van der Waals surface area contributed by atoms with Crippen molar-refractivity contribution in [1.29, 1.82) is 0 Å². The van der Waals surface area contributed by atoms with Crippen molar-refractivity contribution in [2.24, 2.45) is 5.92 Å². The van der Waals surface area contributed by atoms with Crippen molar-refractivity contribution in [3.8, 4) is 0 Å². The fourth-order valence-corrected chi connectivity index (χ4v) is 3.98. The highest BCUT2D eigenvalue weighted by atomic mass is 16.5. The maximum absolute atomic E-state index is 13.0. The molecule has 0 spiro atoms. The van der Waals surface area contributed by atoms with Crippen LogP contribution >= 0.6 is 0 Å². The lowest BCUT2D eigenvalue weighted by molar-refractivity contribution is -0.146. The molecule has 2 aliphatic heterocycles. The molecule has 0 radical (unpaired) electrons. The second-order valence-electron chi connectivity index (χ2n) is 7.74. The SMILES string of the molecule is CC(=O)N1CCC(C(=O)N2CCO[C@@H](c3ccc(Nc4ccccn4)cn3)C2)CC1. The predicted octanol–water partition coefficient (Wildman–Crippen LogP) is 2.38. The molecule has 30 heavy (non-hydrogen) atoms. The van der Waals surface area contributed by atoms with Crippen LogP contribution in [-0.2, 0) is 14.3 Å². The Kier molecular flexibility index (Phi) is 6.23. The Morgan fingerprint density at radius 3 is 2.57 bits per heavy atom. The Morgan fingerprint density at radius 2 is 1.90 bits per heavy atom. The van der Waals surface area contributed by atoms with Gasteiger partial charge in [-0.3, -0.25) is 14.6 Å². The highest BCUT2D eigenvalue weighted by Crippen LogP contribution is 2.26. The van der Waals surface area contributed by atoms with E-state index in [1.54, 1.807) is 19.3 Å². The monoisotopic (exact) mass is 409 g/mol. The van der Waals surface area contributed by atoms with Gasteiger partial charge < -0.3 is 19.9 Å². The molecule has 1 atom stereocenters. The van der Waals surface area contributed by atoms with Gasteiger partial charge in [0.2, 0.25) is 11.8 Å². The molecule has 4 rings (SSSR count). The minimum absolute atomic E-state index is 0.0164. The fourth-order valence-electron chi connectivity index (χ4n) is 3.98. The van der Waals surface area contributed by atoms with Gasteiger partial charge in [0.1, 0.15) is 11.9 Å². The first-order chi connectivity index (χ1) is 14.6. The summed E-state index contributed by atoms with van der Waals surface area (Å²) in [6, 6.07) is 9.55. The first-order valence-electron chi connectivity index (χ1n) is 10.4. The van der Waals surface area contributed by atoms with Crippen molar-refractivity contribution in [2.45, 2.75) is 25.9 Å². The van der Waals surface area contributed by atoms with Gasteiger partial charge in [0.25, 0.3) is 0 Å². The van der Waals surface area contributed by atoms with E-state index in [-0.39, 0.29) is 23.8 Å². The van der Waals surface area contributed by atoms with Gasteiger partial charge in [-0.15, -0.1) is 0 Å². The number of ether oxygens (including phenoxy) is 1. The lowest BCUT2D eigenvalue weighted by atomic mass is 9.94. The van der Waals surface area contributed by atoms with Gasteiger partial charge in [0, 0.05) is 38.7 Å². The first-order valence-corrected chi connectivity index (χ1v) is 10.4. The molecule has 0 aliphatic carbocycles. The Balaban J connectivity index is 1.34. The van der Waals surface area contributed by atoms with Crippen molar-refractivity contribution >= 4 is 23.3 Å². The molecule has 8 heteroatoms. The number of carbonyl (C=O) groups excluding carboxylic acids is 2. The van der Waals surface area contributed by atoms with Crippen molar-refractivity contribution in [3.63, 3.8) is 0 Å². The molecule has 8 nitrogen and oxygen atoms in total. The van der Waals surface area contributed by atoms with E-state index in [4.69, 9.17) is 4.74 Å². The molecule has 2 aromatic heterocycles. The zero-order valence-electron chi connectivity index (χ0n) is 17.2. The zero-order valence-corrected chi connectivity index (χ0v) is 17.2. The Hall–Kier alpha value is -3.00. The summed E-state index contributed by atoms with van der Waals surface area (Å²) in [4.78, 5) is 37.0. The number of piperidine rings is 1. The average Bonchev–Trinajstić information content (AvgIpc) is 2.80. The molecule has 2 fully saturated rings. The molecular weight excluding hydrogens is 382 g/mol. The number of aromatic nitrogens is 2. The van der Waals surface area contributed by atoms with Crippen LogP contribution in [0.5, 0.6) is 0 Å². The van der Waals surface area contributed by atoms with Gasteiger partial charge in [-0.25, -0.2) is 4.98 Å². The van der Waals surface area contributed by atoms with Crippen molar-refractivity contribution in [2.75, 3.05) is 38.1 Å². The maximum Gasteiger partial charge on any atom is 0.225 e. The van der Waals surface area contributed by atoms with Crippen LogP contribution in [0.2, 0.25) is 0 Å². The summed E-state index contributed by atoms with van der Waals surface area (Å²) >= 11 is 0. The number of hydrogen-bond donors (Lipinski definition) is 1. The summed E-state index contributed by atoms with van der Waals surface area (Å²) in [6.45, 7) is 4.50. The summed E-state index contributed by atoms with van der Waals surface area (Å²) < 4.78 is 5.90. The third kappa shape index (κ3) is 4.76. The molecule has 1 N–H and O–H groups in total. The second-order valence-corrected chi connectivity index (χ2v) is 7.74. The molecule has 158 valence electrons. The number of likely N-dealkylation sites (tertiary alicyclic amines) is 1. The Bertz CT molecular complexity index is 866. The number of nitrogens with one attached hydrogen (secondary N) is 1. The number of hydrogen-bond acceptors (Lipinski definition) is 6. The van der Waals surface area contributed by atoms with Gasteiger partial charge in [-0.1, -0.05) is 6.07 Å². The van der Waals surface area contributed by atoms with E-state index in [2.05, 4.69) is 15.3 Å². The molecule has 4 heterocycles. The van der Waals surface area contributed by atoms with E-state index < -0.39 is 0 Å². The van der Waals surface area contributed by atoms with E-state index in [1.807, 2.05) is 40.1 Å². The summed E-state index contributed by atoms with van der Waals surface area (Å²) in [5, 5.41) is 3.21. The molecule has 2 aromatic rings. The fraction of sp³-hybridized carbons (Fsp3) is 0.455. The standard InChI is InChI=1S/C22H27N5O3/c1-16(28)26-10-7-17(8-11-26)22(29)27-12-13-30-20(15-27)19-6-5-18(14-24-19)25-21-4-2-3-9-23-21/h2-6,9,14,17,20H,7-8,10-13,15H2,1H3,(H,23,25)/t20-/m1/s1. The minimum atomic E-state index is -0.232. The lowest BCUT2D eigenvalue weighted by Gasteiger charge is -2.37. The van der Waals surface area contributed by atoms with Crippen LogP contribution in [0.25, 0.3) is 0 Å². The van der Waals surface area contributed by atoms with Crippen LogP contribution in [0.1, 0.15) is 31.6 Å². The number of carbonyl (C=O) groups is 2. The van der Waals surface area contributed by atoms with Crippen molar-refractivity contribution in [3.05, 3.63) is 48.4 Å². The average molecular weight is 409 g/mol. The van der Waals surface area contributed by atoms with Crippen LogP contribution < -0.4 is 5.32 Å². The normalized spacial score (nSPS) is 20.1. The topological polar surface area (TPSA) is 87.7 Å². The first kappa shape index (κ1) is 20.3. The molecule has 0 aromatic carbocycles. The van der Waals surface area contributed by atoms with Gasteiger partial charge in [-0.2, -0.15) is 0 Å². The Labute approximate surface area is 176 Å². The number of nitrogens with zero attached hydrogens (tertiary/aromatic N) is 4. The molecule has 2 amide bonds. The predicted molar refractivity (Wildman–Crippen MR) is 112 cm³/mol. The third-order valence-corrected chi connectivity index (χ3v) is 5.72. The molecular formula is C22H27N5O3. The van der Waals surface area contributed by atoms with Crippen molar-refractivity contribution in [1.82, 2.24) is 19.8 Å². The quantitative estimate of drug-likeness (QED) is 0.834. The molecule has 2 saturated heterocycles. The number of anilines is 2. The van der Waals surface area contributed by atoms with Crippen LogP contribution in [0.3, 0.4) is 0 Å². The Morgan fingerprint density at radius 1 is 1.07 bits per heavy atom. The smallest absolute Gasteiger partial charge is 0.225 e. The largest absolute Gasteiger partial charge is 0.368 e. The highest BCUT2D eigenvalue weighted by Gasteiger charge is 2.33. The van der Waals surface area contributed by atoms with Crippen LogP contribution in [0, 0.1) is 5.92 Å². The minimum Gasteiger partial charge on any atom is -0.368 e. The molecule has 0 saturated carbocycles. The number of pyridine rings is 2. The maximum atomic E-state index is 13.0. The lowest BCUT2D eigenvalue weighted by Crippen LogP contribution is -2.48. The van der Waals surface area contributed by atoms with E-state index >= 15 is 0 Å². The van der Waals surface area contributed by atoms with Crippen LogP contribution in [0.15, 0.2) is 42.7 Å². The van der Waals surface area contributed by atoms with Crippen LogP contribution in [0.4, 0.5) is 11.5 Å². The second kappa shape index (κ2) is 9.21. The molecule has 0 bridgehead atoms. The van der Waals surface area contributed by atoms with Gasteiger partial charge in [-0.05, 0) is 37.1 Å². The van der Waals surface area contributed by atoms with E-state index in [1.165, 1.54) is 0 Å². The van der Waals surface area contributed by atoms with Gasteiger partial charge in [0.05, 0.1) is 30.7 Å². The van der Waals surface area contributed by atoms with E-state index in [0.29, 0.717) is 32.8 Å². The molecule has 0 unspecified atom stereocenters. The summed E-state index contributed by atoms with van der Waals surface area (Å²) in [5.41, 5.74) is 1.66.